The monoisotopic (exact) mass is 253 g/mol. The fourth-order valence-electron chi connectivity index (χ4n) is 2.64. The molecule has 3 heteroatoms. The van der Waals surface area contributed by atoms with E-state index in [4.69, 9.17) is 5.73 Å². The number of anilines is 2. The summed E-state index contributed by atoms with van der Waals surface area (Å²) < 4.78 is 0. The van der Waals surface area contributed by atoms with E-state index in [-0.39, 0.29) is 0 Å². The van der Waals surface area contributed by atoms with Crippen LogP contribution in [0.2, 0.25) is 0 Å². The Labute approximate surface area is 113 Å². The number of pyridine rings is 1. The fourth-order valence-corrected chi connectivity index (χ4v) is 2.64. The van der Waals surface area contributed by atoms with E-state index in [1.54, 1.807) is 0 Å². The zero-order valence-electron chi connectivity index (χ0n) is 11.0. The van der Waals surface area contributed by atoms with Gasteiger partial charge in [0.15, 0.2) is 0 Å². The Hall–Kier alpha value is -2.03. The number of nitrogen functional groups attached to an aromatic ring is 1. The van der Waals surface area contributed by atoms with Gasteiger partial charge < -0.3 is 11.1 Å². The average molecular weight is 253 g/mol. The molecule has 3 rings (SSSR count). The Balaban J connectivity index is 1.78. The second-order valence-electron chi connectivity index (χ2n) is 5.05. The third-order valence-corrected chi connectivity index (χ3v) is 3.74. The van der Waals surface area contributed by atoms with Crippen molar-refractivity contribution in [2.24, 2.45) is 0 Å². The standard InChI is InChI=1S/C16H19N3/c17-16-12(10-18-13-6-2-1-3-7-13)11-19-15-9-5-4-8-14(15)16/h1-3,6-7,11,18H,4-5,8-10H2,(H2,17,19). The maximum atomic E-state index is 6.29. The molecule has 19 heavy (non-hydrogen) atoms. The summed E-state index contributed by atoms with van der Waals surface area (Å²) in [5, 5.41) is 3.39. The fraction of sp³-hybridized carbons (Fsp3) is 0.312. The van der Waals surface area contributed by atoms with E-state index < -0.39 is 0 Å². The molecule has 3 nitrogen and oxygen atoms in total. The molecular weight excluding hydrogens is 234 g/mol. The van der Waals surface area contributed by atoms with Gasteiger partial charge in [-0.2, -0.15) is 0 Å². The topological polar surface area (TPSA) is 50.9 Å². The molecule has 98 valence electrons. The van der Waals surface area contributed by atoms with Crippen molar-refractivity contribution in [2.75, 3.05) is 11.1 Å². The van der Waals surface area contributed by atoms with E-state index in [1.165, 1.54) is 24.1 Å². The first-order valence-electron chi connectivity index (χ1n) is 6.88. The van der Waals surface area contributed by atoms with Gasteiger partial charge in [0.25, 0.3) is 0 Å². The smallest absolute Gasteiger partial charge is 0.0456 e. The SMILES string of the molecule is Nc1c(CNc2ccccc2)cnc2c1CCCC2. The Morgan fingerprint density at radius 1 is 1.11 bits per heavy atom. The number of fused-ring (bicyclic) bond motifs is 1. The Morgan fingerprint density at radius 2 is 1.89 bits per heavy atom. The largest absolute Gasteiger partial charge is 0.398 e. The lowest BCUT2D eigenvalue weighted by Gasteiger charge is -2.19. The van der Waals surface area contributed by atoms with Crippen LogP contribution in [0.25, 0.3) is 0 Å². The third kappa shape index (κ3) is 2.55. The van der Waals surface area contributed by atoms with Crippen molar-refractivity contribution in [3.05, 3.63) is 53.3 Å². The van der Waals surface area contributed by atoms with Crippen molar-refractivity contribution in [1.82, 2.24) is 4.98 Å². The number of para-hydroxylation sites is 1. The van der Waals surface area contributed by atoms with Gasteiger partial charge in [0.2, 0.25) is 0 Å². The quantitative estimate of drug-likeness (QED) is 0.883. The molecule has 0 amide bonds. The highest BCUT2D eigenvalue weighted by molar-refractivity contribution is 5.57. The predicted molar refractivity (Wildman–Crippen MR) is 79.1 cm³/mol. The summed E-state index contributed by atoms with van der Waals surface area (Å²) in [5.74, 6) is 0. The summed E-state index contributed by atoms with van der Waals surface area (Å²) in [6, 6.07) is 10.2. The summed E-state index contributed by atoms with van der Waals surface area (Å²) in [5.41, 5.74) is 11.9. The van der Waals surface area contributed by atoms with Crippen LogP contribution in [0.4, 0.5) is 11.4 Å². The Kier molecular flexibility index (Phi) is 3.36. The number of nitrogens with two attached hydrogens (primary N) is 1. The van der Waals surface area contributed by atoms with Crippen molar-refractivity contribution >= 4 is 11.4 Å². The molecule has 0 atom stereocenters. The van der Waals surface area contributed by atoms with Crippen molar-refractivity contribution in [3.63, 3.8) is 0 Å². The number of rotatable bonds is 3. The molecule has 0 bridgehead atoms. The van der Waals surface area contributed by atoms with Crippen molar-refractivity contribution in [1.29, 1.82) is 0 Å². The van der Waals surface area contributed by atoms with Crippen LogP contribution in [0.5, 0.6) is 0 Å². The second-order valence-corrected chi connectivity index (χ2v) is 5.05. The minimum absolute atomic E-state index is 0.732. The normalized spacial score (nSPS) is 13.9. The highest BCUT2D eigenvalue weighted by atomic mass is 14.9. The van der Waals surface area contributed by atoms with Gasteiger partial charge in [-0.25, -0.2) is 0 Å². The van der Waals surface area contributed by atoms with Gasteiger partial charge in [-0.1, -0.05) is 18.2 Å². The molecule has 1 aromatic carbocycles. The highest BCUT2D eigenvalue weighted by Gasteiger charge is 2.15. The second kappa shape index (κ2) is 5.31. The Morgan fingerprint density at radius 3 is 2.74 bits per heavy atom. The van der Waals surface area contributed by atoms with E-state index >= 15 is 0 Å². The van der Waals surface area contributed by atoms with Crippen LogP contribution in [-0.2, 0) is 19.4 Å². The molecule has 0 saturated carbocycles. The van der Waals surface area contributed by atoms with Gasteiger partial charge in [0, 0.05) is 35.4 Å². The molecule has 1 heterocycles. The summed E-state index contributed by atoms with van der Waals surface area (Å²) in [6.45, 7) is 0.732. The van der Waals surface area contributed by atoms with Crippen molar-refractivity contribution < 1.29 is 0 Å². The molecule has 0 aliphatic heterocycles. The third-order valence-electron chi connectivity index (χ3n) is 3.74. The van der Waals surface area contributed by atoms with Crippen LogP contribution >= 0.6 is 0 Å². The maximum Gasteiger partial charge on any atom is 0.0456 e. The first kappa shape index (κ1) is 12.0. The average Bonchev–Trinajstić information content (AvgIpc) is 2.48. The zero-order chi connectivity index (χ0) is 13.1. The van der Waals surface area contributed by atoms with Crippen LogP contribution in [0.1, 0.15) is 29.7 Å². The molecule has 3 N–H and O–H groups in total. The lowest BCUT2D eigenvalue weighted by molar-refractivity contribution is 0.668. The lowest BCUT2D eigenvalue weighted by atomic mass is 9.93. The van der Waals surface area contributed by atoms with Crippen LogP contribution in [0.3, 0.4) is 0 Å². The molecule has 0 fully saturated rings. The molecule has 0 radical (unpaired) electrons. The van der Waals surface area contributed by atoms with Gasteiger partial charge in [0.1, 0.15) is 0 Å². The summed E-state index contributed by atoms with van der Waals surface area (Å²) in [6.07, 6.45) is 6.55. The number of hydrogen-bond acceptors (Lipinski definition) is 3. The first-order valence-corrected chi connectivity index (χ1v) is 6.88. The lowest BCUT2D eigenvalue weighted by Crippen LogP contribution is -2.12. The molecule has 1 aliphatic rings. The van der Waals surface area contributed by atoms with Gasteiger partial charge in [-0.05, 0) is 43.4 Å². The summed E-state index contributed by atoms with van der Waals surface area (Å²) in [4.78, 5) is 4.57. The van der Waals surface area contributed by atoms with Crippen LogP contribution < -0.4 is 11.1 Å². The molecule has 0 spiro atoms. The van der Waals surface area contributed by atoms with E-state index in [0.29, 0.717) is 0 Å². The molecular formula is C16H19N3. The maximum absolute atomic E-state index is 6.29. The minimum atomic E-state index is 0.732. The van der Waals surface area contributed by atoms with Gasteiger partial charge >= 0.3 is 0 Å². The number of nitrogens with zero attached hydrogens (tertiary/aromatic N) is 1. The van der Waals surface area contributed by atoms with Crippen LogP contribution in [0.15, 0.2) is 36.5 Å². The van der Waals surface area contributed by atoms with Gasteiger partial charge in [0.05, 0.1) is 0 Å². The van der Waals surface area contributed by atoms with Crippen LogP contribution in [-0.4, -0.2) is 4.98 Å². The van der Waals surface area contributed by atoms with Crippen molar-refractivity contribution in [3.8, 4) is 0 Å². The van der Waals surface area contributed by atoms with E-state index in [9.17, 15) is 0 Å². The predicted octanol–water partition coefficient (Wildman–Crippen LogP) is 3.15. The minimum Gasteiger partial charge on any atom is -0.398 e. The number of benzene rings is 1. The van der Waals surface area contributed by atoms with E-state index in [0.717, 1.165) is 36.3 Å². The highest BCUT2D eigenvalue weighted by Crippen LogP contribution is 2.27. The van der Waals surface area contributed by atoms with Gasteiger partial charge in [-0.3, -0.25) is 4.98 Å². The summed E-state index contributed by atoms with van der Waals surface area (Å²) >= 11 is 0. The number of hydrogen-bond donors (Lipinski definition) is 2. The zero-order valence-corrected chi connectivity index (χ0v) is 11.0. The molecule has 1 aliphatic carbocycles. The van der Waals surface area contributed by atoms with E-state index in [1.807, 2.05) is 24.4 Å². The number of aryl methyl sites for hydroxylation is 1. The van der Waals surface area contributed by atoms with Crippen LogP contribution in [0, 0.1) is 0 Å². The van der Waals surface area contributed by atoms with Gasteiger partial charge in [-0.15, -0.1) is 0 Å². The molecule has 2 aromatic rings. The van der Waals surface area contributed by atoms with Crippen molar-refractivity contribution in [2.45, 2.75) is 32.2 Å². The Bertz CT molecular complexity index is 564. The molecule has 1 aromatic heterocycles. The first-order chi connectivity index (χ1) is 9.34. The molecule has 0 saturated heterocycles. The van der Waals surface area contributed by atoms with E-state index in [2.05, 4.69) is 22.4 Å². The molecule has 0 unspecified atom stereocenters. The number of nitrogens with one attached hydrogen (secondary N) is 1. The summed E-state index contributed by atoms with van der Waals surface area (Å²) in [7, 11) is 0. The number of aromatic nitrogens is 1.